The Morgan fingerprint density at radius 1 is 1.71 bits per heavy atom. The van der Waals surface area contributed by atoms with Crippen LogP contribution < -0.4 is 5.73 Å². The zero-order valence-corrected chi connectivity index (χ0v) is 3.92. The first-order valence-corrected chi connectivity index (χ1v) is 2.16. The predicted molar refractivity (Wildman–Crippen MR) is 26.6 cm³/mol. The van der Waals surface area contributed by atoms with E-state index >= 15 is 0 Å². The highest BCUT2D eigenvalue weighted by Gasteiger charge is 1.84. The van der Waals surface area contributed by atoms with Gasteiger partial charge in [-0.15, -0.1) is 0 Å². The monoisotopic (exact) mass is 98.1 g/mol. The first-order valence-electron chi connectivity index (χ1n) is 2.16. The zero-order chi connectivity index (χ0) is 5.11. The zero-order valence-electron chi connectivity index (χ0n) is 3.92. The third-order valence-electron chi connectivity index (χ3n) is 0.781. The van der Waals surface area contributed by atoms with Crippen LogP contribution in [0.4, 0.5) is 0 Å². The molecule has 0 aromatic carbocycles. The minimum Gasteiger partial charge on any atom is -0.468 e. The van der Waals surface area contributed by atoms with Gasteiger partial charge in [-0.1, -0.05) is 0 Å². The summed E-state index contributed by atoms with van der Waals surface area (Å²) in [6, 6.07) is 3.67. The van der Waals surface area contributed by atoms with Crippen LogP contribution in [0.15, 0.2) is 22.8 Å². The molecular weight excluding hydrogens is 91.1 g/mol. The number of hydrogen-bond acceptors (Lipinski definition) is 2. The SMILES string of the molecule is N[13CH2]c1ccco1. The lowest BCUT2D eigenvalue weighted by molar-refractivity contribution is 0.512. The molecule has 0 saturated carbocycles. The summed E-state index contributed by atoms with van der Waals surface area (Å²) in [7, 11) is 0. The van der Waals surface area contributed by atoms with Crippen LogP contribution in [0, 0.1) is 0 Å². The Balaban J connectivity index is 2.76. The lowest BCUT2D eigenvalue weighted by Gasteiger charge is -1.80. The van der Waals surface area contributed by atoms with E-state index < -0.39 is 0 Å². The molecule has 38 valence electrons. The van der Waals surface area contributed by atoms with Gasteiger partial charge < -0.3 is 10.2 Å². The van der Waals surface area contributed by atoms with Gasteiger partial charge in [0.2, 0.25) is 0 Å². The fourth-order valence-corrected chi connectivity index (χ4v) is 0.429. The van der Waals surface area contributed by atoms with Crippen LogP contribution in [0.2, 0.25) is 0 Å². The number of furan rings is 1. The van der Waals surface area contributed by atoms with E-state index in [4.69, 9.17) is 10.2 Å². The first kappa shape index (κ1) is 4.40. The van der Waals surface area contributed by atoms with Gasteiger partial charge in [0.1, 0.15) is 5.76 Å². The van der Waals surface area contributed by atoms with E-state index in [0.29, 0.717) is 6.54 Å². The van der Waals surface area contributed by atoms with Crippen LogP contribution >= 0.6 is 0 Å². The van der Waals surface area contributed by atoms with E-state index in [2.05, 4.69) is 0 Å². The van der Waals surface area contributed by atoms with Crippen molar-refractivity contribution in [3.63, 3.8) is 0 Å². The van der Waals surface area contributed by atoms with Crippen molar-refractivity contribution in [2.75, 3.05) is 0 Å². The van der Waals surface area contributed by atoms with Crippen LogP contribution in [-0.4, -0.2) is 0 Å². The van der Waals surface area contributed by atoms with Crippen LogP contribution in [0.3, 0.4) is 0 Å². The Kier molecular flexibility index (Phi) is 1.13. The fraction of sp³-hybridized carbons (Fsp3) is 0.200. The summed E-state index contributed by atoms with van der Waals surface area (Å²) in [5.74, 6) is 0.833. The highest BCUT2D eigenvalue weighted by Crippen LogP contribution is 1.95. The molecule has 0 aliphatic heterocycles. The maximum Gasteiger partial charge on any atom is 0.117 e. The molecule has 0 unspecified atom stereocenters. The van der Waals surface area contributed by atoms with E-state index in [9.17, 15) is 0 Å². The van der Waals surface area contributed by atoms with E-state index in [1.165, 1.54) is 0 Å². The predicted octanol–water partition coefficient (Wildman–Crippen LogP) is 0.738. The van der Waals surface area contributed by atoms with Crippen LogP contribution in [0.1, 0.15) is 5.76 Å². The number of rotatable bonds is 1. The average Bonchev–Trinajstić information content (AvgIpc) is 2.14. The van der Waals surface area contributed by atoms with Crippen molar-refractivity contribution < 1.29 is 4.42 Å². The van der Waals surface area contributed by atoms with Gasteiger partial charge in [-0.05, 0) is 12.1 Å². The lowest BCUT2D eigenvalue weighted by atomic mass is 10.6. The van der Waals surface area contributed by atoms with E-state index in [1.807, 2.05) is 12.1 Å². The minimum atomic E-state index is 0.493. The van der Waals surface area contributed by atoms with Crippen molar-refractivity contribution in [3.8, 4) is 0 Å². The molecule has 0 spiro atoms. The van der Waals surface area contributed by atoms with Crippen molar-refractivity contribution in [1.29, 1.82) is 0 Å². The van der Waals surface area contributed by atoms with E-state index in [0.717, 1.165) is 5.76 Å². The summed E-state index contributed by atoms with van der Waals surface area (Å²) in [5, 5.41) is 0. The summed E-state index contributed by atoms with van der Waals surface area (Å²) in [6.45, 7) is 0.493. The van der Waals surface area contributed by atoms with Crippen molar-refractivity contribution in [2.24, 2.45) is 5.73 Å². The van der Waals surface area contributed by atoms with Crippen LogP contribution in [0.5, 0.6) is 0 Å². The molecule has 2 nitrogen and oxygen atoms in total. The normalized spacial score (nSPS) is 9.29. The van der Waals surface area contributed by atoms with Gasteiger partial charge in [-0.3, -0.25) is 0 Å². The highest BCUT2D eigenvalue weighted by molar-refractivity contribution is 4.96. The second-order valence-electron chi connectivity index (χ2n) is 1.28. The topological polar surface area (TPSA) is 39.2 Å². The van der Waals surface area contributed by atoms with Gasteiger partial charge in [-0.25, -0.2) is 0 Å². The van der Waals surface area contributed by atoms with Gasteiger partial charge in [0.05, 0.1) is 12.8 Å². The average molecular weight is 98.1 g/mol. The van der Waals surface area contributed by atoms with E-state index in [-0.39, 0.29) is 0 Å². The second-order valence-corrected chi connectivity index (χ2v) is 1.28. The Hall–Kier alpha value is -0.760. The Morgan fingerprint density at radius 3 is 2.86 bits per heavy atom. The van der Waals surface area contributed by atoms with Crippen LogP contribution in [0.25, 0.3) is 0 Å². The van der Waals surface area contributed by atoms with Gasteiger partial charge in [0.25, 0.3) is 0 Å². The quantitative estimate of drug-likeness (QED) is 0.526. The fourth-order valence-electron chi connectivity index (χ4n) is 0.429. The number of hydrogen-bond donors (Lipinski definition) is 1. The molecule has 1 rings (SSSR count). The molecule has 1 aromatic rings. The Bertz CT molecular complexity index is 123. The maximum atomic E-state index is 5.20. The summed E-state index contributed by atoms with van der Waals surface area (Å²) in [4.78, 5) is 0. The highest BCUT2D eigenvalue weighted by atomic mass is 16.3. The van der Waals surface area contributed by atoms with Gasteiger partial charge in [0.15, 0.2) is 0 Å². The molecule has 2 heteroatoms. The van der Waals surface area contributed by atoms with Gasteiger partial charge in [0, 0.05) is 0 Å². The summed E-state index contributed by atoms with van der Waals surface area (Å²) >= 11 is 0. The van der Waals surface area contributed by atoms with E-state index in [1.54, 1.807) is 6.26 Å². The molecular formula is C5H7NO. The lowest BCUT2D eigenvalue weighted by Crippen LogP contribution is -1.92. The van der Waals surface area contributed by atoms with Crippen molar-refractivity contribution >= 4 is 0 Å². The van der Waals surface area contributed by atoms with Gasteiger partial charge >= 0.3 is 0 Å². The molecule has 0 saturated heterocycles. The summed E-state index contributed by atoms with van der Waals surface area (Å²) < 4.78 is 4.86. The molecule has 0 aliphatic carbocycles. The minimum absolute atomic E-state index is 0.493. The standard InChI is InChI=1S/C5H7NO/c6-4-5-2-1-3-7-5/h1-3H,4,6H2/i4+1. The third-order valence-corrected chi connectivity index (χ3v) is 0.781. The van der Waals surface area contributed by atoms with Crippen molar-refractivity contribution in [3.05, 3.63) is 24.2 Å². The van der Waals surface area contributed by atoms with Gasteiger partial charge in [-0.2, -0.15) is 0 Å². The largest absolute Gasteiger partial charge is 0.468 e. The van der Waals surface area contributed by atoms with Crippen molar-refractivity contribution in [2.45, 2.75) is 6.54 Å². The van der Waals surface area contributed by atoms with Crippen LogP contribution in [-0.2, 0) is 6.54 Å². The molecule has 0 aliphatic rings. The molecule has 7 heavy (non-hydrogen) atoms. The molecule has 0 bridgehead atoms. The summed E-state index contributed by atoms with van der Waals surface area (Å²) in [5.41, 5.74) is 5.20. The third kappa shape index (κ3) is 0.810. The second kappa shape index (κ2) is 1.80. The smallest absolute Gasteiger partial charge is 0.117 e. The Morgan fingerprint density at radius 2 is 2.57 bits per heavy atom. The van der Waals surface area contributed by atoms with Crippen molar-refractivity contribution in [1.82, 2.24) is 0 Å². The molecule has 0 fully saturated rings. The molecule has 0 radical (unpaired) electrons. The molecule has 1 heterocycles. The molecule has 1 aromatic heterocycles. The first-order chi connectivity index (χ1) is 3.43. The summed E-state index contributed by atoms with van der Waals surface area (Å²) in [6.07, 6.45) is 1.61. The number of nitrogens with two attached hydrogens (primary N) is 1. The molecule has 2 N–H and O–H groups in total. The molecule has 0 atom stereocenters. The molecule has 0 amide bonds. The maximum absolute atomic E-state index is 5.20. The Labute approximate surface area is 41.9 Å².